The maximum Gasteiger partial charge on any atom is 0.283 e. The number of imide groups is 1. The molecule has 7 heteroatoms. The number of carbonyl (C=O) groups is 3. The summed E-state index contributed by atoms with van der Waals surface area (Å²) in [5.74, 6) is -1.05. The molecule has 0 unspecified atom stereocenters. The van der Waals surface area contributed by atoms with Crippen LogP contribution < -0.4 is 10.2 Å². The van der Waals surface area contributed by atoms with E-state index in [9.17, 15) is 14.4 Å². The summed E-state index contributed by atoms with van der Waals surface area (Å²) < 4.78 is 0. The number of anilines is 2. The van der Waals surface area contributed by atoms with Crippen LogP contribution in [0.2, 0.25) is 0 Å². The van der Waals surface area contributed by atoms with Gasteiger partial charge in [-0.3, -0.25) is 14.4 Å². The van der Waals surface area contributed by atoms with Gasteiger partial charge in [0.05, 0.1) is 5.69 Å². The Balaban J connectivity index is 1.49. The molecule has 1 N–H and O–H groups in total. The van der Waals surface area contributed by atoms with Crippen LogP contribution in [0.1, 0.15) is 47.2 Å². The SMILES string of the molecule is Cc1ccc(N2C(=O)C(Cl)=C(Nc3ccc(C(=O)N4CCCCCC4)cc3)C2=O)cc1C. The van der Waals surface area contributed by atoms with E-state index in [0.29, 0.717) is 16.9 Å². The van der Waals surface area contributed by atoms with Gasteiger partial charge in [-0.2, -0.15) is 0 Å². The van der Waals surface area contributed by atoms with Crippen molar-refractivity contribution >= 4 is 40.7 Å². The van der Waals surface area contributed by atoms with E-state index in [-0.39, 0.29) is 16.6 Å². The van der Waals surface area contributed by atoms with E-state index in [1.165, 1.54) is 0 Å². The number of nitrogens with one attached hydrogen (secondary N) is 1. The van der Waals surface area contributed by atoms with Crippen molar-refractivity contribution in [2.75, 3.05) is 23.3 Å². The molecular weight excluding hydrogens is 426 g/mol. The fourth-order valence-corrected chi connectivity index (χ4v) is 4.22. The second-order valence-electron chi connectivity index (χ2n) is 8.31. The van der Waals surface area contributed by atoms with E-state index in [1.807, 2.05) is 24.8 Å². The minimum Gasteiger partial charge on any atom is -0.350 e. The minimum atomic E-state index is -0.560. The lowest BCUT2D eigenvalue weighted by molar-refractivity contribution is -0.120. The van der Waals surface area contributed by atoms with E-state index >= 15 is 0 Å². The number of hydrogen-bond acceptors (Lipinski definition) is 4. The zero-order valence-corrected chi connectivity index (χ0v) is 19.0. The number of halogens is 1. The summed E-state index contributed by atoms with van der Waals surface area (Å²) in [4.78, 5) is 41.4. The van der Waals surface area contributed by atoms with E-state index in [2.05, 4.69) is 5.32 Å². The van der Waals surface area contributed by atoms with Crippen molar-refractivity contribution in [1.82, 2.24) is 4.90 Å². The number of amides is 3. The third-order valence-electron chi connectivity index (χ3n) is 6.07. The number of benzene rings is 2. The Kier molecular flexibility index (Phi) is 6.33. The standard InChI is InChI=1S/C25H26ClN3O3/c1-16-7-12-20(15-17(16)2)29-24(31)21(26)22(25(29)32)27-19-10-8-18(9-11-19)23(30)28-13-5-3-4-6-14-28/h7-12,15,27H,3-6,13-14H2,1-2H3. The van der Waals surface area contributed by atoms with Gasteiger partial charge in [0.15, 0.2) is 0 Å². The summed E-state index contributed by atoms with van der Waals surface area (Å²) in [6, 6.07) is 12.3. The number of carbonyl (C=O) groups excluding carboxylic acids is 3. The van der Waals surface area contributed by atoms with Crippen molar-refractivity contribution in [3.63, 3.8) is 0 Å². The Labute approximate surface area is 192 Å². The summed E-state index contributed by atoms with van der Waals surface area (Å²) in [7, 11) is 0. The molecule has 0 aromatic heterocycles. The van der Waals surface area contributed by atoms with Crippen LogP contribution in [0.25, 0.3) is 0 Å². The third kappa shape index (κ3) is 4.28. The van der Waals surface area contributed by atoms with Gasteiger partial charge in [-0.1, -0.05) is 30.5 Å². The number of aryl methyl sites for hydroxylation is 2. The summed E-state index contributed by atoms with van der Waals surface area (Å²) in [5, 5.41) is 2.81. The highest BCUT2D eigenvalue weighted by Gasteiger charge is 2.39. The van der Waals surface area contributed by atoms with Crippen molar-refractivity contribution in [3.8, 4) is 0 Å². The quantitative estimate of drug-likeness (QED) is 0.680. The van der Waals surface area contributed by atoms with E-state index < -0.39 is 11.8 Å². The second-order valence-corrected chi connectivity index (χ2v) is 8.69. The van der Waals surface area contributed by atoms with Crippen molar-refractivity contribution in [3.05, 3.63) is 69.9 Å². The van der Waals surface area contributed by atoms with Gasteiger partial charge in [-0.05, 0) is 74.2 Å². The average molecular weight is 452 g/mol. The van der Waals surface area contributed by atoms with Crippen LogP contribution in [-0.4, -0.2) is 35.7 Å². The normalized spacial score (nSPS) is 17.1. The van der Waals surface area contributed by atoms with Gasteiger partial charge in [0.1, 0.15) is 10.7 Å². The first-order valence-corrected chi connectivity index (χ1v) is 11.3. The van der Waals surface area contributed by atoms with Gasteiger partial charge in [0.25, 0.3) is 17.7 Å². The lowest BCUT2D eigenvalue weighted by Gasteiger charge is -2.20. The molecule has 0 atom stereocenters. The maximum atomic E-state index is 13.0. The smallest absolute Gasteiger partial charge is 0.283 e. The molecule has 2 aromatic carbocycles. The summed E-state index contributed by atoms with van der Waals surface area (Å²) >= 11 is 6.23. The third-order valence-corrected chi connectivity index (χ3v) is 6.42. The highest BCUT2D eigenvalue weighted by atomic mass is 35.5. The predicted molar refractivity (Wildman–Crippen MR) is 126 cm³/mol. The van der Waals surface area contributed by atoms with Crippen LogP contribution in [0.5, 0.6) is 0 Å². The predicted octanol–water partition coefficient (Wildman–Crippen LogP) is 4.76. The Morgan fingerprint density at radius 3 is 2.16 bits per heavy atom. The lowest BCUT2D eigenvalue weighted by atomic mass is 10.1. The van der Waals surface area contributed by atoms with Crippen molar-refractivity contribution in [2.24, 2.45) is 0 Å². The fourth-order valence-electron chi connectivity index (χ4n) is 4.01. The number of nitrogens with zero attached hydrogens (tertiary/aromatic N) is 2. The average Bonchev–Trinajstić information content (AvgIpc) is 2.99. The van der Waals surface area contributed by atoms with Crippen LogP contribution >= 0.6 is 11.6 Å². The molecule has 0 spiro atoms. The molecule has 0 radical (unpaired) electrons. The lowest BCUT2D eigenvalue weighted by Crippen LogP contribution is -2.32. The second kappa shape index (κ2) is 9.17. The van der Waals surface area contributed by atoms with Crippen LogP contribution in [0, 0.1) is 13.8 Å². The number of likely N-dealkylation sites (tertiary alicyclic amines) is 1. The Bertz CT molecular complexity index is 1100. The highest BCUT2D eigenvalue weighted by molar-refractivity contribution is 6.53. The monoisotopic (exact) mass is 451 g/mol. The van der Waals surface area contributed by atoms with Crippen LogP contribution in [0.3, 0.4) is 0 Å². The first-order valence-electron chi connectivity index (χ1n) is 10.9. The van der Waals surface area contributed by atoms with E-state index in [4.69, 9.17) is 11.6 Å². The van der Waals surface area contributed by atoms with Crippen molar-refractivity contribution in [2.45, 2.75) is 39.5 Å². The summed E-state index contributed by atoms with van der Waals surface area (Å²) in [6.45, 7) is 5.46. The molecule has 2 aliphatic heterocycles. The molecule has 6 nitrogen and oxygen atoms in total. The minimum absolute atomic E-state index is 0.0173. The van der Waals surface area contributed by atoms with Gasteiger partial charge in [0, 0.05) is 24.3 Å². The molecule has 0 bridgehead atoms. The number of rotatable bonds is 4. The molecular formula is C25H26ClN3O3. The largest absolute Gasteiger partial charge is 0.350 e. The molecule has 1 saturated heterocycles. The van der Waals surface area contributed by atoms with Gasteiger partial charge < -0.3 is 10.2 Å². The van der Waals surface area contributed by atoms with Gasteiger partial charge in [-0.25, -0.2) is 4.90 Å². The Morgan fingerprint density at radius 1 is 0.875 bits per heavy atom. The van der Waals surface area contributed by atoms with E-state index in [1.54, 1.807) is 36.4 Å². The van der Waals surface area contributed by atoms with E-state index in [0.717, 1.165) is 54.8 Å². The first-order chi connectivity index (χ1) is 15.4. The first kappa shape index (κ1) is 22.1. The molecule has 2 aromatic rings. The fraction of sp³-hybridized carbons (Fsp3) is 0.320. The number of hydrogen-bond donors (Lipinski definition) is 1. The Morgan fingerprint density at radius 2 is 1.53 bits per heavy atom. The van der Waals surface area contributed by atoms with Crippen LogP contribution in [0.4, 0.5) is 11.4 Å². The molecule has 32 heavy (non-hydrogen) atoms. The maximum absolute atomic E-state index is 13.0. The van der Waals surface area contributed by atoms with Crippen molar-refractivity contribution < 1.29 is 14.4 Å². The molecule has 2 aliphatic rings. The molecule has 2 heterocycles. The molecule has 4 rings (SSSR count). The van der Waals surface area contributed by atoms with Gasteiger partial charge >= 0.3 is 0 Å². The molecule has 166 valence electrons. The molecule has 3 amide bonds. The molecule has 1 fully saturated rings. The van der Waals surface area contributed by atoms with Gasteiger partial charge in [0.2, 0.25) is 0 Å². The summed E-state index contributed by atoms with van der Waals surface area (Å²) in [6.07, 6.45) is 4.39. The van der Waals surface area contributed by atoms with Crippen molar-refractivity contribution in [1.29, 1.82) is 0 Å². The van der Waals surface area contributed by atoms with Crippen LogP contribution in [-0.2, 0) is 9.59 Å². The summed E-state index contributed by atoms with van der Waals surface area (Å²) in [5.41, 5.74) is 3.74. The van der Waals surface area contributed by atoms with Gasteiger partial charge in [-0.15, -0.1) is 0 Å². The topological polar surface area (TPSA) is 69.7 Å². The Hall–Kier alpha value is -3.12. The van der Waals surface area contributed by atoms with Crippen LogP contribution in [0.15, 0.2) is 53.2 Å². The zero-order valence-electron chi connectivity index (χ0n) is 18.3. The molecule has 0 aliphatic carbocycles. The zero-order chi connectivity index (χ0) is 22.8. The molecule has 0 saturated carbocycles. The highest BCUT2D eigenvalue weighted by Crippen LogP contribution is 2.31.